The van der Waals surface area contributed by atoms with Gasteiger partial charge in [0.1, 0.15) is 5.54 Å². The highest BCUT2D eigenvalue weighted by atomic mass is 35.5. The van der Waals surface area contributed by atoms with Crippen molar-refractivity contribution >= 4 is 63.8 Å². The van der Waals surface area contributed by atoms with E-state index in [1.165, 1.54) is 41.8 Å². The molecule has 2 aliphatic heterocycles. The van der Waals surface area contributed by atoms with Gasteiger partial charge in [-0.1, -0.05) is 47.5 Å². The molecule has 6 N–H and O–H groups in total. The zero-order valence-corrected chi connectivity index (χ0v) is 27.7. The summed E-state index contributed by atoms with van der Waals surface area (Å²) in [6.07, 6.45) is -0.489. The number of aliphatic carboxylic acids is 2. The number of benzene rings is 2. The van der Waals surface area contributed by atoms with Crippen LogP contribution in [0.5, 0.6) is 0 Å². The third-order valence-corrected chi connectivity index (χ3v) is 9.79. The van der Waals surface area contributed by atoms with Crippen LogP contribution in [0.15, 0.2) is 76.0 Å². The lowest BCUT2D eigenvalue weighted by molar-refractivity contribution is -0.142. The normalized spacial score (nSPS) is 17.6. The summed E-state index contributed by atoms with van der Waals surface area (Å²) in [6, 6.07) is 11.9. The fourth-order valence-corrected chi connectivity index (χ4v) is 7.34. The Balaban J connectivity index is 1.70. The number of nitrogens with zero attached hydrogens (tertiary/aromatic N) is 2. The number of halogens is 2. The second-order valence-corrected chi connectivity index (χ2v) is 13.6. The lowest BCUT2D eigenvalue weighted by Gasteiger charge is -2.39. The molecule has 0 spiro atoms. The van der Waals surface area contributed by atoms with E-state index < -0.39 is 69.6 Å². The Morgan fingerprint density at radius 2 is 1.43 bits per heavy atom. The van der Waals surface area contributed by atoms with Crippen LogP contribution in [-0.2, 0) is 30.0 Å². The van der Waals surface area contributed by atoms with Gasteiger partial charge in [0, 0.05) is 58.1 Å². The monoisotopic (exact) mass is 705 g/mol. The van der Waals surface area contributed by atoms with Gasteiger partial charge in [-0.3, -0.25) is 13.8 Å². The summed E-state index contributed by atoms with van der Waals surface area (Å²) >= 11 is 13.0. The van der Waals surface area contributed by atoms with E-state index in [2.05, 4.69) is 10.6 Å². The number of hydrogen-bond acceptors (Lipinski definition) is 7. The Kier molecular flexibility index (Phi) is 11.0. The summed E-state index contributed by atoms with van der Waals surface area (Å²) in [5.41, 5.74) is 2.89. The van der Waals surface area contributed by atoms with Gasteiger partial charge >= 0.3 is 18.0 Å². The molecule has 0 saturated carbocycles. The number of urea groups is 1. The molecule has 13 nitrogen and oxygen atoms in total. The maximum Gasteiger partial charge on any atom is 0.334 e. The first-order chi connectivity index (χ1) is 22.1. The molecule has 2 atom stereocenters. The maximum absolute atomic E-state index is 13.6. The van der Waals surface area contributed by atoms with Crippen LogP contribution in [0.4, 0.5) is 4.79 Å². The van der Waals surface area contributed by atoms with Gasteiger partial charge < -0.3 is 36.4 Å². The summed E-state index contributed by atoms with van der Waals surface area (Å²) in [4.78, 5) is 67.0. The number of dihydropyridines is 1. The number of rotatable bonds is 10. The highest BCUT2D eigenvalue weighted by Crippen LogP contribution is 2.45. The SMILES string of the molecule is CC(C)(NC(N)=O)C(=O)N1CCN(C(=O)CC2=C(C(=O)O)C(c3c(Cl)cccc3Cl)C(C(=O)O)=C(C[S@](=O)c3ccccc3)N2)CC1. The molecule has 2 heterocycles. The predicted molar refractivity (Wildman–Crippen MR) is 174 cm³/mol. The highest BCUT2D eigenvalue weighted by Gasteiger charge is 2.42. The Bertz CT molecular complexity index is 1680. The molecule has 1 unspecified atom stereocenters. The first-order valence-corrected chi connectivity index (χ1v) is 16.4. The molecule has 0 bridgehead atoms. The summed E-state index contributed by atoms with van der Waals surface area (Å²) in [5, 5.41) is 26.1. The van der Waals surface area contributed by atoms with Crippen LogP contribution < -0.4 is 16.4 Å². The molecular formula is C31H33Cl2N5O8S. The molecule has 2 aromatic rings. The number of carbonyl (C=O) groups is 5. The predicted octanol–water partition coefficient (Wildman–Crippen LogP) is 2.67. The van der Waals surface area contributed by atoms with Crippen LogP contribution in [0, 0.1) is 0 Å². The van der Waals surface area contributed by atoms with Gasteiger partial charge in [-0.05, 0) is 38.1 Å². The van der Waals surface area contributed by atoms with Crippen molar-refractivity contribution in [2.24, 2.45) is 5.73 Å². The van der Waals surface area contributed by atoms with Crippen LogP contribution in [0.3, 0.4) is 0 Å². The summed E-state index contributed by atoms with van der Waals surface area (Å²) in [5.74, 6) is -5.76. The lowest BCUT2D eigenvalue weighted by atomic mass is 9.79. The van der Waals surface area contributed by atoms with E-state index in [9.17, 15) is 38.4 Å². The standard InChI is InChI=1S/C31H33Cl2N5O8S/c1-31(2,36-30(34)45)29(44)38-13-11-37(12-14-38)22(39)15-20-24(27(40)41)26(23-18(32)9-6-10-19(23)33)25(28(42)43)21(35-20)16-47(46)17-7-4-3-5-8-17/h3-10,26,35H,11-16H2,1-2H3,(H,40,41)(H,42,43)(H3,34,36,45)/t26?,47-/m0/s1. The Morgan fingerprint density at radius 3 is 1.96 bits per heavy atom. The number of carboxylic acids is 2. The Hall–Kier alpha value is -4.40. The van der Waals surface area contributed by atoms with Crippen LogP contribution in [0.1, 0.15) is 31.7 Å². The van der Waals surface area contributed by atoms with Gasteiger partial charge in [0.2, 0.25) is 11.8 Å². The van der Waals surface area contributed by atoms with Crippen molar-refractivity contribution in [3.63, 3.8) is 0 Å². The maximum atomic E-state index is 13.6. The van der Waals surface area contributed by atoms with Crippen molar-refractivity contribution in [3.05, 3.63) is 86.7 Å². The molecule has 2 aliphatic rings. The quantitative estimate of drug-likeness (QED) is 0.247. The molecule has 2 aromatic carbocycles. The van der Waals surface area contributed by atoms with E-state index in [1.54, 1.807) is 30.3 Å². The van der Waals surface area contributed by atoms with Crippen LogP contribution in [0.2, 0.25) is 10.0 Å². The van der Waals surface area contributed by atoms with Crippen molar-refractivity contribution in [3.8, 4) is 0 Å². The third-order valence-electron chi connectivity index (χ3n) is 7.78. The first-order valence-electron chi connectivity index (χ1n) is 14.3. The topological polar surface area (TPSA) is 199 Å². The van der Waals surface area contributed by atoms with Crippen molar-refractivity contribution in [2.45, 2.75) is 36.6 Å². The van der Waals surface area contributed by atoms with E-state index in [0.717, 1.165) is 0 Å². The van der Waals surface area contributed by atoms with E-state index in [0.29, 0.717) is 4.90 Å². The molecule has 1 fully saturated rings. The number of nitrogens with one attached hydrogen (secondary N) is 2. The van der Waals surface area contributed by atoms with Gasteiger partial charge in [-0.25, -0.2) is 14.4 Å². The largest absolute Gasteiger partial charge is 0.478 e. The lowest BCUT2D eigenvalue weighted by Crippen LogP contribution is -2.61. The van der Waals surface area contributed by atoms with Gasteiger partial charge in [0.15, 0.2) is 0 Å². The number of carboxylic acid groups (broad SMARTS) is 2. The van der Waals surface area contributed by atoms with Gasteiger partial charge in [0.05, 0.1) is 40.0 Å². The minimum Gasteiger partial charge on any atom is -0.478 e. The van der Waals surface area contributed by atoms with Crippen LogP contribution in [-0.4, -0.2) is 91.5 Å². The molecule has 4 rings (SSSR count). The molecule has 1 saturated heterocycles. The van der Waals surface area contributed by atoms with E-state index >= 15 is 0 Å². The zero-order valence-electron chi connectivity index (χ0n) is 25.4. The second kappa shape index (κ2) is 14.6. The fraction of sp³-hybridized carbons (Fsp3) is 0.323. The van der Waals surface area contributed by atoms with E-state index in [-0.39, 0.29) is 58.9 Å². The number of primary amides is 1. The first kappa shape index (κ1) is 35.5. The fourth-order valence-electron chi connectivity index (χ4n) is 5.61. The molecule has 4 amide bonds. The van der Waals surface area contributed by atoms with Crippen molar-refractivity contribution in [1.29, 1.82) is 0 Å². The molecular weight excluding hydrogens is 673 g/mol. The van der Waals surface area contributed by atoms with Gasteiger partial charge in [-0.15, -0.1) is 0 Å². The van der Waals surface area contributed by atoms with Gasteiger partial charge in [0.25, 0.3) is 0 Å². The molecule has 47 heavy (non-hydrogen) atoms. The molecule has 0 aliphatic carbocycles. The average Bonchev–Trinajstić information content (AvgIpc) is 3.00. The van der Waals surface area contributed by atoms with E-state index in [4.69, 9.17) is 28.9 Å². The van der Waals surface area contributed by atoms with Crippen LogP contribution in [0.25, 0.3) is 0 Å². The number of carbonyl (C=O) groups excluding carboxylic acids is 3. The summed E-state index contributed by atoms with van der Waals surface area (Å²) < 4.78 is 13.4. The number of hydrogen-bond donors (Lipinski definition) is 5. The molecule has 16 heteroatoms. The Labute approximate surface area is 282 Å². The summed E-state index contributed by atoms with van der Waals surface area (Å²) in [6.45, 7) is 3.50. The minimum absolute atomic E-state index is 0.00523. The smallest absolute Gasteiger partial charge is 0.334 e. The highest BCUT2D eigenvalue weighted by molar-refractivity contribution is 7.85. The van der Waals surface area contributed by atoms with Crippen molar-refractivity contribution in [2.75, 3.05) is 31.9 Å². The van der Waals surface area contributed by atoms with Crippen molar-refractivity contribution < 1.29 is 38.4 Å². The number of nitrogens with two attached hydrogens (primary N) is 1. The summed E-state index contributed by atoms with van der Waals surface area (Å²) in [7, 11) is -1.76. The molecule has 250 valence electrons. The van der Waals surface area contributed by atoms with Crippen molar-refractivity contribution in [1.82, 2.24) is 20.4 Å². The number of piperazine rings is 1. The number of amides is 4. The zero-order chi connectivity index (χ0) is 34.6. The third kappa shape index (κ3) is 7.95. The molecule has 0 aromatic heterocycles. The van der Waals surface area contributed by atoms with E-state index in [1.807, 2.05) is 0 Å². The van der Waals surface area contributed by atoms with Crippen LogP contribution >= 0.6 is 23.2 Å². The average molecular weight is 707 g/mol. The second-order valence-electron chi connectivity index (χ2n) is 11.4. The van der Waals surface area contributed by atoms with Gasteiger partial charge in [-0.2, -0.15) is 0 Å². The minimum atomic E-state index is -1.76. The molecule has 0 radical (unpaired) electrons. The Morgan fingerprint density at radius 1 is 0.894 bits per heavy atom.